The van der Waals surface area contributed by atoms with Crippen LogP contribution >= 0.6 is 0 Å². The third kappa shape index (κ3) is 3.75. The van der Waals surface area contributed by atoms with Crippen molar-refractivity contribution in [1.29, 1.82) is 0 Å². The highest BCUT2D eigenvalue weighted by Crippen LogP contribution is 2.23. The molecule has 0 aliphatic heterocycles. The quantitative estimate of drug-likeness (QED) is 0.727. The van der Waals surface area contributed by atoms with E-state index in [9.17, 15) is 9.90 Å². The molecule has 0 radical (unpaired) electrons. The van der Waals surface area contributed by atoms with Gasteiger partial charge in [-0.3, -0.25) is 10.1 Å². The number of para-hydroxylation sites is 1. The van der Waals surface area contributed by atoms with Crippen molar-refractivity contribution >= 4 is 5.91 Å². The lowest BCUT2D eigenvalue weighted by molar-refractivity contribution is -0.122. The number of carbonyl (C=O) groups is 1. The first-order valence-electron chi connectivity index (χ1n) is 5.88. The van der Waals surface area contributed by atoms with Gasteiger partial charge in [-0.15, -0.1) is 0 Å². The topological polar surface area (TPSA) is 61.4 Å². The maximum atomic E-state index is 11.6. The van der Waals surface area contributed by atoms with Crippen LogP contribution in [0.4, 0.5) is 0 Å². The SMILES string of the molecule is CCNC(=O)C(C)NC(C)c1ccccc1O. The Labute approximate surface area is 102 Å². The number of nitrogens with one attached hydrogen (secondary N) is 2. The predicted octanol–water partition coefficient (Wildman–Crippen LogP) is 1.57. The van der Waals surface area contributed by atoms with Gasteiger partial charge in [-0.2, -0.15) is 0 Å². The fourth-order valence-electron chi connectivity index (χ4n) is 1.72. The fraction of sp³-hybridized carbons (Fsp3) is 0.462. The molecule has 0 aromatic heterocycles. The Kier molecular flexibility index (Phi) is 4.97. The van der Waals surface area contributed by atoms with Gasteiger partial charge in [0.1, 0.15) is 5.75 Å². The van der Waals surface area contributed by atoms with Crippen LogP contribution in [0.3, 0.4) is 0 Å². The van der Waals surface area contributed by atoms with Gasteiger partial charge < -0.3 is 10.4 Å². The van der Waals surface area contributed by atoms with Crippen molar-refractivity contribution in [2.24, 2.45) is 0 Å². The number of hydrogen-bond donors (Lipinski definition) is 3. The standard InChI is InChI=1S/C13H20N2O2/c1-4-14-13(17)10(3)15-9(2)11-7-5-6-8-12(11)16/h5-10,15-16H,4H2,1-3H3,(H,14,17). The van der Waals surface area contributed by atoms with E-state index in [0.717, 1.165) is 5.56 Å². The van der Waals surface area contributed by atoms with E-state index in [-0.39, 0.29) is 23.7 Å². The Morgan fingerprint density at radius 1 is 1.35 bits per heavy atom. The van der Waals surface area contributed by atoms with E-state index in [1.807, 2.05) is 32.9 Å². The van der Waals surface area contributed by atoms with Gasteiger partial charge in [0, 0.05) is 18.2 Å². The van der Waals surface area contributed by atoms with Crippen LogP contribution in [0.2, 0.25) is 0 Å². The summed E-state index contributed by atoms with van der Waals surface area (Å²) in [5.74, 6) is 0.213. The fourth-order valence-corrected chi connectivity index (χ4v) is 1.72. The predicted molar refractivity (Wildman–Crippen MR) is 67.8 cm³/mol. The van der Waals surface area contributed by atoms with Crippen molar-refractivity contribution in [2.45, 2.75) is 32.9 Å². The van der Waals surface area contributed by atoms with Gasteiger partial charge >= 0.3 is 0 Å². The third-order valence-electron chi connectivity index (χ3n) is 2.65. The van der Waals surface area contributed by atoms with E-state index in [2.05, 4.69) is 10.6 Å². The number of amides is 1. The van der Waals surface area contributed by atoms with Gasteiger partial charge in [0.15, 0.2) is 0 Å². The lowest BCUT2D eigenvalue weighted by Gasteiger charge is -2.20. The minimum Gasteiger partial charge on any atom is -0.508 e. The van der Waals surface area contributed by atoms with E-state index in [1.54, 1.807) is 12.1 Å². The monoisotopic (exact) mass is 236 g/mol. The van der Waals surface area contributed by atoms with Gasteiger partial charge in [-0.05, 0) is 26.8 Å². The smallest absolute Gasteiger partial charge is 0.236 e. The van der Waals surface area contributed by atoms with Crippen molar-refractivity contribution in [3.05, 3.63) is 29.8 Å². The Bertz CT molecular complexity index is 379. The highest BCUT2D eigenvalue weighted by atomic mass is 16.3. The molecule has 1 amide bonds. The van der Waals surface area contributed by atoms with Crippen LogP contribution in [-0.2, 0) is 4.79 Å². The summed E-state index contributed by atoms with van der Waals surface area (Å²) < 4.78 is 0. The van der Waals surface area contributed by atoms with Crippen LogP contribution in [-0.4, -0.2) is 23.6 Å². The molecule has 0 saturated carbocycles. The van der Waals surface area contributed by atoms with Crippen LogP contribution in [0.15, 0.2) is 24.3 Å². The number of benzene rings is 1. The van der Waals surface area contributed by atoms with Gasteiger partial charge in [0.2, 0.25) is 5.91 Å². The summed E-state index contributed by atoms with van der Waals surface area (Å²) in [6.07, 6.45) is 0. The molecule has 0 aliphatic carbocycles. The van der Waals surface area contributed by atoms with Gasteiger partial charge in [-0.1, -0.05) is 18.2 Å². The summed E-state index contributed by atoms with van der Waals surface area (Å²) in [7, 11) is 0. The molecule has 1 aromatic rings. The summed E-state index contributed by atoms with van der Waals surface area (Å²) in [5.41, 5.74) is 0.795. The van der Waals surface area contributed by atoms with Crippen LogP contribution in [0.5, 0.6) is 5.75 Å². The van der Waals surface area contributed by atoms with Crippen molar-refractivity contribution in [1.82, 2.24) is 10.6 Å². The molecule has 17 heavy (non-hydrogen) atoms. The zero-order chi connectivity index (χ0) is 12.8. The summed E-state index contributed by atoms with van der Waals surface area (Å²) >= 11 is 0. The molecular weight excluding hydrogens is 216 g/mol. The highest BCUT2D eigenvalue weighted by molar-refractivity contribution is 5.81. The molecule has 1 rings (SSSR count). The van der Waals surface area contributed by atoms with E-state index in [4.69, 9.17) is 0 Å². The van der Waals surface area contributed by atoms with E-state index in [0.29, 0.717) is 6.54 Å². The summed E-state index contributed by atoms with van der Waals surface area (Å²) in [6.45, 7) is 6.24. The zero-order valence-electron chi connectivity index (χ0n) is 10.5. The Balaban J connectivity index is 2.63. The summed E-state index contributed by atoms with van der Waals surface area (Å²) in [4.78, 5) is 11.6. The first kappa shape index (κ1) is 13.5. The second-order valence-electron chi connectivity index (χ2n) is 4.06. The first-order chi connectivity index (χ1) is 8.06. The largest absolute Gasteiger partial charge is 0.508 e. The molecule has 0 saturated heterocycles. The van der Waals surface area contributed by atoms with Crippen molar-refractivity contribution in [3.63, 3.8) is 0 Å². The average Bonchev–Trinajstić information content (AvgIpc) is 2.29. The van der Waals surface area contributed by atoms with Gasteiger partial charge in [-0.25, -0.2) is 0 Å². The molecule has 4 heteroatoms. The maximum absolute atomic E-state index is 11.6. The number of aromatic hydroxyl groups is 1. The van der Waals surface area contributed by atoms with Gasteiger partial charge in [0.25, 0.3) is 0 Å². The van der Waals surface area contributed by atoms with Crippen LogP contribution in [0, 0.1) is 0 Å². The minimum absolute atomic E-state index is 0.0326. The Hall–Kier alpha value is -1.55. The molecule has 0 fully saturated rings. The average molecular weight is 236 g/mol. The number of rotatable bonds is 5. The molecule has 0 bridgehead atoms. The van der Waals surface area contributed by atoms with Crippen LogP contribution in [0.25, 0.3) is 0 Å². The van der Waals surface area contributed by atoms with Crippen molar-refractivity contribution in [2.75, 3.05) is 6.54 Å². The Morgan fingerprint density at radius 3 is 2.59 bits per heavy atom. The molecule has 2 unspecified atom stereocenters. The van der Waals surface area contributed by atoms with Crippen LogP contribution < -0.4 is 10.6 Å². The molecular formula is C13H20N2O2. The second-order valence-corrected chi connectivity index (χ2v) is 4.06. The molecule has 0 spiro atoms. The summed E-state index contributed by atoms with van der Waals surface area (Å²) in [6, 6.07) is 6.77. The Morgan fingerprint density at radius 2 is 2.00 bits per heavy atom. The zero-order valence-corrected chi connectivity index (χ0v) is 10.5. The van der Waals surface area contributed by atoms with Gasteiger partial charge in [0.05, 0.1) is 6.04 Å². The van der Waals surface area contributed by atoms with Crippen molar-refractivity contribution in [3.8, 4) is 5.75 Å². The maximum Gasteiger partial charge on any atom is 0.236 e. The number of hydrogen-bond acceptors (Lipinski definition) is 3. The number of phenolic OH excluding ortho intramolecular Hbond substituents is 1. The normalized spacial score (nSPS) is 14.1. The summed E-state index contributed by atoms with van der Waals surface area (Å²) in [5, 5.41) is 15.6. The number of phenols is 1. The molecule has 94 valence electrons. The lowest BCUT2D eigenvalue weighted by Crippen LogP contribution is -2.43. The van der Waals surface area contributed by atoms with Crippen molar-refractivity contribution < 1.29 is 9.90 Å². The molecule has 1 aromatic carbocycles. The molecule has 3 N–H and O–H groups in total. The molecule has 4 nitrogen and oxygen atoms in total. The molecule has 2 atom stereocenters. The third-order valence-corrected chi connectivity index (χ3v) is 2.65. The minimum atomic E-state index is -0.287. The number of likely N-dealkylation sites (N-methyl/N-ethyl adjacent to an activating group) is 1. The lowest BCUT2D eigenvalue weighted by atomic mass is 10.1. The van der Waals surface area contributed by atoms with E-state index < -0.39 is 0 Å². The number of carbonyl (C=O) groups excluding carboxylic acids is 1. The second kappa shape index (κ2) is 6.25. The molecule has 0 heterocycles. The molecule has 0 aliphatic rings. The first-order valence-corrected chi connectivity index (χ1v) is 5.88. The van der Waals surface area contributed by atoms with E-state index >= 15 is 0 Å². The highest BCUT2D eigenvalue weighted by Gasteiger charge is 2.16. The van der Waals surface area contributed by atoms with Crippen LogP contribution in [0.1, 0.15) is 32.4 Å². The van der Waals surface area contributed by atoms with E-state index in [1.165, 1.54) is 0 Å².